The number of nitrogens with one attached hydrogen (secondary N) is 1. The van der Waals surface area contributed by atoms with Gasteiger partial charge in [0, 0.05) is 24.1 Å². The number of rotatable bonds is 2. The zero-order chi connectivity index (χ0) is 16.0. The Morgan fingerprint density at radius 2 is 1.91 bits per heavy atom. The Morgan fingerprint density at radius 1 is 1.13 bits per heavy atom. The van der Waals surface area contributed by atoms with Gasteiger partial charge >= 0.3 is 6.03 Å². The SMILES string of the molecule is CN1C(=O)N(Cc2cccc3[nH]ccc23)C(=O)C12CCCCC2. The van der Waals surface area contributed by atoms with Crippen LogP contribution in [0.3, 0.4) is 0 Å². The number of amides is 3. The summed E-state index contributed by atoms with van der Waals surface area (Å²) < 4.78 is 0. The summed E-state index contributed by atoms with van der Waals surface area (Å²) in [5.41, 5.74) is 1.44. The molecule has 1 N–H and O–H groups in total. The predicted octanol–water partition coefficient (Wildman–Crippen LogP) is 3.26. The van der Waals surface area contributed by atoms with E-state index in [2.05, 4.69) is 4.98 Å². The number of aromatic amines is 1. The zero-order valence-electron chi connectivity index (χ0n) is 13.3. The molecule has 5 nitrogen and oxygen atoms in total. The molecule has 2 fully saturated rings. The minimum atomic E-state index is -0.596. The van der Waals surface area contributed by atoms with Crippen LogP contribution in [-0.4, -0.2) is 39.3 Å². The van der Waals surface area contributed by atoms with E-state index in [0.29, 0.717) is 6.54 Å². The van der Waals surface area contributed by atoms with Crippen LogP contribution >= 0.6 is 0 Å². The van der Waals surface area contributed by atoms with Crippen LogP contribution in [0, 0.1) is 0 Å². The van der Waals surface area contributed by atoms with Crippen molar-refractivity contribution in [2.45, 2.75) is 44.2 Å². The van der Waals surface area contributed by atoms with Gasteiger partial charge in [-0.1, -0.05) is 31.4 Å². The lowest BCUT2D eigenvalue weighted by atomic mass is 9.80. The van der Waals surface area contributed by atoms with Crippen LogP contribution in [-0.2, 0) is 11.3 Å². The molecular weight excluding hydrogens is 290 g/mol. The van der Waals surface area contributed by atoms with Gasteiger partial charge < -0.3 is 9.88 Å². The van der Waals surface area contributed by atoms with Crippen LogP contribution in [0.25, 0.3) is 10.9 Å². The monoisotopic (exact) mass is 311 g/mol. The maximum atomic E-state index is 13.0. The van der Waals surface area contributed by atoms with Gasteiger partial charge in [0.05, 0.1) is 6.54 Å². The van der Waals surface area contributed by atoms with Crippen molar-refractivity contribution < 1.29 is 9.59 Å². The van der Waals surface area contributed by atoms with Gasteiger partial charge in [0.1, 0.15) is 5.54 Å². The van der Waals surface area contributed by atoms with Gasteiger partial charge in [0.25, 0.3) is 5.91 Å². The molecule has 0 atom stereocenters. The van der Waals surface area contributed by atoms with E-state index in [-0.39, 0.29) is 11.9 Å². The standard InChI is InChI=1S/C18H21N3O2/c1-20-17(23)21(16(22)18(20)9-3-2-4-10-18)12-13-6-5-7-15-14(13)8-11-19-15/h5-8,11,19H,2-4,9-10,12H2,1H3. The van der Waals surface area contributed by atoms with Gasteiger partial charge in [0.2, 0.25) is 0 Å². The quantitative estimate of drug-likeness (QED) is 0.865. The first-order valence-corrected chi connectivity index (χ1v) is 8.28. The lowest BCUT2D eigenvalue weighted by molar-refractivity contribution is -0.134. The first kappa shape index (κ1) is 14.3. The number of H-pyrrole nitrogens is 1. The molecule has 120 valence electrons. The van der Waals surface area contributed by atoms with E-state index in [0.717, 1.165) is 48.6 Å². The molecule has 1 aromatic carbocycles. The highest BCUT2D eigenvalue weighted by atomic mass is 16.2. The van der Waals surface area contributed by atoms with Crippen LogP contribution < -0.4 is 0 Å². The first-order chi connectivity index (χ1) is 11.1. The summed E-state index contributed by atoms with van der Waals surface area (Å²) in [5, 5.41) is 1.07. The molecule has 0 bridgehead atoms. The summed E-state index contributed by atoms with van der Waals surface area (Å²) in [6.45, 7) is 0.346. The Labute approximate surface area is 135 Å². The molecule has 3 amide bonds. The van der Waals surface area contributed by atoms with E-state index in [1.807, 2.05) is 30.5 Å². The second kappa shape index (κ2) is 5.11. The average molecular weight is 311 g/mol. The Kier molecular flexibility index (Phi) is 3.18. The molecule has 0 radical (unpaired) electrons. The van der Waals surface area contributed by atoms with Gasteiger partial charge in [-0.2, -0.15) is 0 Å². The molecule has 5 heteroatoms. The number of benzene rings is 1. The van der Waals surface area contributed by atoms with Crippen molar-refractivity contribution in [1.82, 2.24) is 14.8 Å². The molecule has 0 unspecified atom stereocenters. The molecule has 4 rings (SSSR count). The highest BCUT2D eigenvalue weighted by molar-refractivity contribution is 6.07. The number of hydrogen-bond donors (Lipinski definition) is 1. The number of carbonyl (C=O) groups excluding carboxylic acids is 2. The molecule has 2 heterocycles. The molecule has 1 aliphatic carbocycles. The second-order valence-electron chi connectivity index (χ2n) is 6.68. The third-order valence-corrected chi connectivity index (χ3v) is 5.50. The minimum absolute atomic E-state index is 0.0164. The number of hydrogen-bond acceptors (Lipinski definition) is 2. The van der Waals surface area contributed by atoms with Gasteiger partial charge in [-0.3, -0.25) is 9.69 Å². The fourth-order valence-corrected chi connectivity index (χ4v) is 4.13. The van der Waals surface area contributed by atoms with Crippen molar-refractivity contribution in [2.75, 3.05) is 7.05 Å². The van der Waals surface area contributed by atoms with Crippen molar-refractivity contribution in [3.05, 3.63) is 36.0 Å². The maximum Gasteiger partial charge on any atom is 0.327 e. The number of carbonyl (C=O) groups is 2. The zero-order valence-corrected chi connectivity index (χ0v) is 13.3. The van der Waals surface area contributed by atoms with Crippen molar-refractivity contribution in [3.63, 3.8) is 0 Å². The van der Waals surface area contributed by atoms with Gasteiger partial charge in [0.15, 0.2) is 0 Å². The van der Waals surface area contributed by atoms with Gasteiger partial charge in [-0.25, -0.2) is 4.79 Å². The fraction of sp³-hybridized carbons (Fsp3) is 0.444. The maximum absolute atomic E-state index is 13.0. The highest BCUT2D eigenvalue weighted by Crippen LogP contribution is 2.40. The summed E-state index contributed by atoms with van der Waals surface area (Å²) >= 11 is 0. The number of nitrogens with zero attached hydrogens (tertiary/aromatic N) is 2. The number of urea groups is 1. The van der Waals surface area contributed by atoms with E-state index < -0.39 is 5.54 Å². The average Bonchev–Trinajstić information content (AvgIpc) is 3.12. The molecule has 1 aromatic heterocycles. The van der Waals surface area contributed by atoms with Crippen LogP contribution in [0.4, 0.5) is 4.79 Å². The summed E-state index contributed by atoms with van der Waals surface area (Å²) in [4.78, 5) is 32.0. The molecule has 2 aliphatic rings. The van der Waals surface area contributed by atoms with E-state index in [9.17, 15) is 9.59 Å². The van der Waals surface area contributed by atoms with Crippen molar-refractivity contribution >= 4 is 22.8 Å². The lowest BCUT2D eigenvalue weighted by Crippen LogP contribution is -2.49. The Hall–Kier alpha value is -2.30. The third-order valence-electron chi connectivity index (χ3n) is 5.50. The summed E-state index contributed by atoms with van der Waals surface area (Å²) in [5.74, 6) is -0.0164. The molecule has 1 spiro atoms. The normalized spacial score (nSPS) is 20.9. The molecule has 1 saturated carbocycles. The van der Waals surface area contributed by atoms with E-state index >= 15 is 0 Å². The van der Waals surface area contributed by atoms with E-state index in [1.165, 1.54) is 4.90 Å². The molecule has 2 aromatic rings. The Balaban J connectivity index is 1.68. The van der Waals surface area contributed by atoms with Crippen molar-refractivity contribution in [1.29, 1.82) is 0 Å². The molecule has 1 aliphatic heterocycles. The Morgan fingerprint density at radius 3 is 2.70 bits per heavy atom. The van der Waals surface area contributed by atoms with E-state index in [4.69, 9.17) is 0 Å². The fourth-order valence-electron chi connectivity index (χ4n) is 4.13. The Bertz CT molecular complexity index is 773. The number of fused-ring (bicyclic) bond motifs is 1. The molecular formula is C18H21N3O2. The lowest BCUT2D eigenvalue weighted by Gasteiger charge is -2.35. The van der Waals surface area contributed by atoms with Crippen LogP contribution in [0.2, 0.25) is 0 Å². The van der Waals surface area contributed by atoms with Crippen LogP contribution in [0.15, 0.2) is 30.5 Å². The second-order valence-corrected chi connectivity index (χ2v) is 6.68. The summed E-state index contributed by atoms with van der Waals surface area (Å²) in [6, 6.07) is 7.78. The number of likely N-dealkylation sites (N-methyl/N-ethyl adjacent to an activating group) is 1. The number of aromatic nitrogens is 1. The van der Waals surface area contributed by atoms with Crippen LogP contribution in [0.5, 0.6) is 0 Å². The third kappa shape index (κ3) is 1.99. The molecule has 1 saturated heterocycles. The largest absolute Gasteiger partial charge is 0.361 e. The van der Waals surface area contributed by atoms with E-state index in [1.54, 1.807) is 11.9 Å². The van der Waals surface area contributed by atoms with Crippen LogP contribution in [0.1, 0.15) is 37.7 Å². The topological polar surface area (TPSA) is 56.4 Å². The minimum Gasteiger partial charge on any atom is -0.361 e. The van der Waals surface area contributed by atoms with Crippen molar-refractivity contribution in [3.8, 4) is 0 Å². The number of imide groups is 1. The smallest absolute Gasteiger partial charge is 0.327 e. The first-order valence-electron chi connectivity index (χ1n) is 8.28. The highest BCUT2D eigenvalue weighted by Gasteiger charge is 2.55. The van der Waals surface area contributed by atoms with Gasteiger partial charge in [-0.05, 0) is 30.5 Å². The molecule has 23 heavy (non-hydrogen) atoms. The van der Waals surface area contributed by atoms with Gasteiger partial charge in [-0.15, -0.1) is 0 Å². The predicted molar refractivity (Wildman–Crippen MR) is 87.8 cm³/mol. The summed E-state index contributed by atoms with van der Waals surface area (Å²) in [6.07, 6.45) is 6.66. The van der Waals surface area contributed by atoms with Crippen molar-refractivity contribution in [2.24, 2.45) is 0 Å². The summed E-state index contributed by atoms with van der Waals surface area (Å²) in [7, 11) is 1.78.